The van der Waals surface area contributed by atoms with Crippen molar-refractivity contribution in [2.75, 3.05) is 14.2 Å². The van der Waals surface area contributed by atoms with Crippen molar-refractivity contribution in [2.45, 2.75) is 6.18 Å². The fourth-order valence-electron chi connectivity index (χ4n) is 2.29. The van der Waals surface area contributed by atoms with Crippen LogP contribution in [0.15, 0.2) is 47.6 Å². The number of thiazole rings is 1. The zero-order chi connectivity index (χ0) is 19.4. The van der Waals surface area contributed by atoms with Crippen LogP contribution in [0.3, 0.4) is 0 Å². The summed E-state index contributed by atoms with van der Waals surface area (Å²) in [4.78, 5) is 11.7. The maximum atomic E-state index is 13.4. The third-order valence-corrected chi connectivity index (χ3v) is 4.52. The van der Waals surface area contributed by atoms with E-state index in [1.54, 1.807) is 30.3 Å². The van der Waals surface area contributed by atoms with E-state index in [0.29, 0.717) is 17.1 Å². The third-order valence-electron chi connectivity index (χ3n) is 3.53. The zero-order valence-electron chi connectivity index (χ0n) is 14.3. The lowest BCUT2D eigenvalue weighted by Crippen LogP contribution is -2.07. The highest BCUT2D eigenvalue weighted by atomic mass is 32.1. The van der Waals surface area contributed by atoms with Crippen LogP contribution in [-0.4, -0.2) is 30.4 Å². The van der Waals surface area contributed by atoms with Crippen molar-refractivity contribution in [1.29, 1.82) is 0 Å². The van der Waals surface area contributed by atoms with Crippen LogP contribution in [-0.2, 0) is 6.18 Å². The van der Waals surface area contributed by atoms with Gasteiger partial charge in [-0.25, -0.2) is 9.98 Å². The molecule has 0 fully saturated rings. The second kappa shape index (κ2) is 7.75. The fourth-order valence-corrected chi connectivity index (χ4v) is 3.20. The smallest absolute Gasteiger partial charge is 0.434 e. The number of aromatic nitrogens is 2. The number of hydrogen-bond acceptors (Lipinski definition) is 6. The number of halogens is 3. The zero-order valence-corrected chi connectivity index (χ0v) is 15.1. The molecular weight excluding hydrogens is 379 g/mol. The molecule has 0 aliphatic carbocycles. The van der Waals surface area contributed by atoms with E-state index in [2.05, 4.69) is 15.0 Å². The van der Waals surface area contributed by atoms with Crippen molar-refractivity contribution < 1.29 is 22.6 Å². The Balaban J connectivity index is 2.01. The Hall–Kier alpha value is -2.94. The Bertz CT molecular complexity index is 956. The lowest BCUT2D eigenvalue weighted by molar-refractivity contribution is -0.140. The predicted octanol–water partition coefficient (Wildman–Crippen LogP) is 4.99. The molecule has 27 heavy (non-hydrogen) atoms. The highest BCUT2D eigenvalue weighted by Gasteiger charge is 2.38. The highest BCUT2D eigenvalue weighted by molar-refractivity contribution is 7.18. The molecule has 0 bridgehead atoms. The van der Waals surface area contributed by atoms with Gasteiger partial charge in [0.2, 0.25) is 5.13 Å². The van der Waals surface area contributed by atoms with Crippen LogP contribution in [0.4, 0.5) is 18.3 Å². The summed E-state index contributed by atoms with van der Waals surface area (Å²) >= 11 is 0.819. The van der Waals surface area contributed by atoms with Crippen LogP contribution in [0.1, 0.15) is 11.3 Å². The van der Waals surface area contributed by atoms with E-state index < -0.39 is 11.9 Å². The lowest BCUT2D eigenvalue weighted by atomic mass is 10.2. The van der Waals surface area contributed by atoms with E-state index in [9.17, 15) is 13.2 Å². The van der Waals surface area contributed by atoms with Crippen molar-refractivity contribution >= 4 is 22.7 Å². The van der Waals surface area contributed by atoms with Gasteiger partial charge in [0.25, 0.3) is 0 Å². The molecule has 0 unspecified atom stereocenters. The van der Waals surface area contributed by atoms with Crippen molar-refractivity contribution in [3.05, 3.63) is 53.9 Å². The van der Waals surface area contributed by atoms with Gasteiger partial charge < -0.3 is 9.47 Å². The first kappa shape index (κ1) is 18.8. The van der Waals surface area contributed by atoms with Crippen LogP contribution in [0.2, 0.25) is 0 Å². The number of nitrogens with zero attached hydrogens (tertiary/aromatic N) is 3. The average molecular weight is 393 g/mol. The second-order valence-corrected chi connectivity index (χ2v) is 6.23. The number of methoxy groups -OCH3 is 2. The molecule has 0 saturated heterocycles. The minimum absolute atomic E-state index is 0.0344. The SMILES string of the molecule is COc1ccc(OC)c(C=Nc2nc(C(F)(F)F)c(-c3ccccn3)s2)c1. The van der Waals surface area contributed by atoms with Gasteiger partial charge in [-0.05, 0) is 30.3 Å². The number of alkyl halides is 3. The van der Waals surface area contributed by atoms with E-state index in [0.717, 1.165) is 11.3 Å². The number of pyridine rings is 1. The summed E-state index contributed by atoms with van der Waals surface area (Å²) in [5, 5.41) is -0.0344. The molecule has 0 radical (unpaired) electrons. The van der Waals surface area contributed by atoms with E-state index >= 15 is 0 Å². The van der Waals surface area contributed by atoms with Crippen LogP contribution in [0.5, 0.6) is 11.5 Å². The molecule has 3 rings (SSSR count). The van der Waals surface area contributed by atoms with Gasteiger partial charge in [-0.3, -0.25) is 4.98 Å². The van der Waals surface area contributed by atoms with Gasteiger partial charge in [-0.2, -0.15) is 13.2 Å². The van der Waals surface area contributed by atoms with Gasteiger partial charge in [0.15, 0.2) is 5.69 Å². The van der Waals surface area contributed by atoms with Crippen molar-refractivity contribution in [2.24, 2.45) is 4.99 Å². The van der Waals surface area contributed by atoms with Gasteiger partial charge in [0.05, 0.1) is 24.8 Å². The second-order valence-electron chi connectivity index (χ2n) is 5.25. The summed E-state index contributed by atoms with van der Waals surface area (Å²) in [6.45, 7) is 0. The Kier molecular flexibility index (Phi) is 5.41. The van der Waals surface area contributed by atoms with Crippen LogP contribution < -0.4 is 9.47 Å². The summed E-state index contributed by atoms with van der Waals surface area (Å²) in [7, 11) is 3.00. The summed E-state index contributed by atoms with van der Waals surface area (Å²) in [6, 6.07) is 9.81. The molecule has 1 aromatic carbocycles. The molecule has 0 aliphatic rings. The molecule has 5 nitrogen and oxygen atoms in total. The minimum Gasteiger partial charge on any atom is -0.497 e. The number of rotatable bonds is 5. The first-order chi connectivity index (χ1) is 12.9. The number of hydrogen-bond donors (Lipinski definition) is 0. The predicted molar refractivity (Wildman–Crippen MR) is 97.1 cm³/mol. The summed E-state index contributed by atoms with van der Waals surface area (Å²) in [6.07, 6.45) is -1.79. The Morgan fingerprint density at radius 1 is 1.11 bits per heavy atom. The monoisotopic (exact) mass is 393 g/mol. The molecular formula is C18H14F3N3O2S. The van der Waals surface area contributed by atoms with E-state index in [1.807, 2.05) is 0 Å². The molecule has 0 atom stereocenters. The van der Waals surface area contributed by atoms with E-state index in [1.165, 1.54) is 32.7 Å². The molecule has 0 amide bonds. The van der Waals surface area contributed by atoms with Gasteiger partial charge in [0, 0.05) is 18.0 Å². The van der Waals surface area contributed by atoms with Gasteiger partial charge in [-0.15, -0.1) is 0 Å². The average Bonchev–Trinajstić information content (AvgIpc) is 3.11. The normalized spacial score (nSPS) is 11.7. The maximum absolute atomic E-state index is 13.4. The van der Waals surface area contributed by atoms with Crippen molar-refractivity contribution in [3.63, 3.8) is 0 Å². The number of ether oxygens (including phenoxy) is 2. The van der Waals surface area contributed by atoms with E-state index in [4.69, 9.17) is 9.47 Å². The molecule has 0 saturated carbocycles. The first-order valence-electron chi connectivity index (χ1n) is 7.68. The summed E-state index contributed by atoms with van der Waals surface area (Å²) < 4.78 is 50.4. The van der Waals surface area contributed by atoms with Gasteiger partial charge >= 0.3 is 6.18 Å². The molecule has 0 N–H and O–H groups in total. The molecule has 0 aliphatic heterocycles. The van der Waals surface area contributed by atoms with Crippen molar-refractivity contribution in [3.8, 4) is 22.1 Å². The largest absolute Gasteiger partial charge is 0.497 e. The van der Waals surface area contributed by atoms with Crippen LogP contribution in [0.25, 0.3) is 10.6 Å². The quantitative estimate of drug-likeness (QED) is 0.573. The molecule has 0 spiro atoms. The molecule has 2 aromatic heterocycles. The maximum Gasteiger partial charge on any atom is 0.434 e. The van der Waals surface area contributed by atoms with Crippen molar-refractivity contribution in [1.82, 2.24) is 9.97 Å². The molecule has 3 aromatic rings. The Morgan fingerprint density at radius 2 is 1.93 bits per heavy atom. The minimum atomic E-state index is -4.61. The Labute approximate surface area is 157 Å². The fraction of sp³-hybridized carbons (Fsp3) is 0.167. The van der Waals surface area contributed by atoms with Gasteiger partial charge in [-0.1, -0.05) is 17.4 Å². The third kappa shape index (κ3) is 4.25. The lowest BCUT2D eigenvalue weighted by Gasteiger charge is -2.06. The topological polar surface area (TPSA) is 56.6 Å². The number of aliphatic imine (C=N–C) groups is 1. The molecule has 9 heteroatoms. The van der Waals surface area contributed by atoms with E-state index in [-0.39, 0.29) is 15.7 Å². The van der Waals surface area contributed by atoms with Crippen LogP contribution in [0, 0.1) is 0 Å². The highest BCUT2D eigenvalue weighted by Crippen LogP contribution is 2.42. The summed E-state index contributed by atoms with van der Waals surface area (Å²) in [5.74, 6) is 1.08. The first-order valence-corrected chi connectivity index (χ1v) is 8.49. The standard InChI is InChI=1S/C18H14F3N3O2S/c1-25-12-6-7-14(26-2)11(9-12)10-23-17-24-16(18(19,20)21)15(27-17)13-5-3-4-8-22-13/h3-10H,1-2H3. The summed E-state index contributed by atoms with van der Waals surface area (Å²) in [5.41, 5.74) is -0.251. The number of benzene rings is 1. The molecule has 140 valence electrons. The van der Waals surface area contributed by atoms with Crippen LogP contribution >= 0.6 is 11.3 Å². The molecule has 2 heterocycles. The Morgan fingerprint density at radius 3 is 2.56 bits per heavy atom. The van der Waals surface area contributed by atoms with Gasteiger partial charge in [0.1, 0.15) is 11.5 Å².